The maximum absolute atomic E-state index is 11.5. The summed E-state index contributed by atoms with van der Waals surface area (Å²) in [5.74, 6) is 0.526. The molecule has 0 radical (unpaired) electrons. The maximum atomic E-state index is 11.5. The van der Waals surface area contributed by atoms with Gasteiger partial charge in [-0.25, -0.2) is 8.42 Å². The number of sulfone groups is 1. The molecule has 118 valence electrons. The summed E-state index contributed by atoms with van der Waals surface area (Å²) in [5.41, 5.74) is 1.03. The number of aliphatic hydroxyl groups excluding tert-OH is 1. The summed E-state index contributed by atoms with van der Waals surface area (Å²) in [6.45, 7) is 2.02. The molecule has 1 heterocycles. The summed E-state index contributed by atoms with van der Waals surface area (Å²) in [6.07, 6.45) is -1.76. The van der Waals surface area contributed by atoms with Crippen LogP contribution < -0.4 is 14.8 Å². The molecule has 0 spiro atoms. The van der Waals surface area contributed by atoms with E-state index in [0.717, 1.165) is 5.56 Å². The van der Waals surface area contributed by atoms with E-state index in [4.69, 9.17) is 9.47 Å². The molecule has 2 N–H and O–H groups in total. The number of benzene rings is 1. The fraction of sp³-hybridized carbons (Fsp3) is 0.571. The average Bonchev–Trinajstić information content (AvgIpc) is 2.70. The van der Waals surface area contributed by atoms with Gasteiger partial charge in [0.2, 0.25) is 0 Å². The van der Waals surface area contributed by atoms with Gasteiger partial charge in [0.15, 0.2) is 21.3 Å². The fourth-order valence-corrected chi connectivity index (χ4v) is 3.95. The molecule has 6 nitrogen and oxygen atoms in total. The van der Waals surface area contributed by atoms with Crippen LogP contribution in [0.5, 0.6) is 11.5 Å². The van der Waals surface area contributed by atoms with Crippen molar-refractivity contribution in [1.82, 2.24) is 5.32 Å². The molecule has 1 fully saturated rings. The standard InChI is InChI=1S/C14H21NO5S/c1-9(15-2)10-4-5-12(13(6-10)19-3)20-14-8-21(17,18)7-11(14)16/h4-6,9,11,14-16H,7-8H2,1-3H3. The predicted molar refractivity (Wildman–Crippen MR) is 79.5 cm³/mol. The van der Waals surface area contributed by atoms with Crippen molar-refractivity contribution >= 4 is 9.84 Å². The summed E-state index contributed by atoms with van der Waals surface area (Å²) in [6, 6.07) is 5.62. The van der Waals surface area contributed by atoms with Gasteiger partial charge in [0, 0.05) is 6.04 Å². The van der Waals surface area contributed by atoms with Crippen LogP contribution in [0.4, 0.5) is 0 Å². The molecule has 1 aromatic carbocycles. The first kappa shape index (κ1) is 16.1. The molecule has 1 aliphatic rings. The second-order valence-corrected chi connectivity index (χ2v) is 7.38. The molecule has 0 aliphatic carbocycles. The number of hydrogen-bond donors (Lipinski definition) is 2. The van der Waals surface area contributed by atoms with Gasteiger partial charge in [-0.1, -0.05) is 6.07 Å². The Bertz CT molecular complexity index is 601. The number of methoxy groups -OCH3 is 1. The monoisotopic (exact) mass is 315 g/mol. The Balaban J connectivity index is 2.21. The lowest BCUT2D eigenvalue weighted by Crippen LogP contribution is -2.29. The lowest BCUT2D eigenvalue weighted by atomic mass is 10.1. The van der Waals surface area contributed by atoms with E-state index in [9.17, 15) is 13.5 Å². The minimum atomic E-state index is -3.24. The highest BCUT2D eigenvalue weighted by molar-refractivity contribution is 7.91. The zero-order valence-corrected chi connectivity index (χ0v) is 13.2. The van der Waals surface area contributed by atoms with Gasteiger partial charge in [-0.2, -0.15) is 0 Å². The van der Waals surface area contributed by atoms with Crippen molar-refractivity contribution in [3.05, 3.63) is 23.8 Å². The zero-order valence-electron chi connectivity index (χ0n) is 12.4. The largest absolute Gasteiger partial charge is 0.493 e. The van der Waals surface area contributed by atoms with E-state index in [1.807, 2.05) is 26.1 Å². The van der Waals surface area contributed by atoms with Crippen LogP contribution in [0.25, 0.3) is 0 Å². The van der Waals surface area contributed by atoms with Crippen molar-refractivity contribution in [3.8, 4) is 11.5 Å². The van der Waals surface area contributed by atoms with Gasteiger partial charge >= 0.3 is 0 Å². The Morgan fingerprint density at radius 1 is 1.33 bits per heavy atom. The van der Waals surface area contributed by atoms with Crippen LogP contribution in [-0.4, -0.2) is 51.4 Å². The fourth-order valence-electron chi connectivity index (χ4n) is 2.29. The third-order valence-corrected chi connectivity index (χ3v) is 5.36. The first-order valence-electron chi connectivity index (χ1n) is 6.76. The SMILES string of the molecule is CNC(C)c1ccc(OC2CS(=O)(=O)CC2O)c(OC)c1. The van der Waals surface area contributed by atoms with E-state index < -0.39 is 22.0 Å². The topological polar surface area (TPSA) is 84.9 Å². The average molecular weight is 315 g/mol. The number of nitrogens with one attached hydrogen (secondary N) is 1. The van der Waals surface area contributed by atoms with Crippen molar-refractivity contribution in [2.45, 2.75) is 25.2 Å². The van der Waals surface area contributed by atoms with Crippen molar-refractivity contribution in [2.75, 3.05) is 25.7 Å². The molecule has 3 unspecified atom stereocenters. The van der Waals surface area contributed by atoms with E-state index in [1.54, 1.807) is 6.07 Å². The summed E-state index contributed by atoms with van der Waals surface area (Å²) < 4.78 is 33.9. The van der Waals surface area contributed by atoms with Gasteiger partial charge in [0.05, 0.1) is 18.6 Å². The summed E-state index contributed by atoms with van der Waals surface area (Å²) in [7, 11) is 0.152. The molecule has 21 heavy (non-hydrogen) atoms. The minimum absolute atomic E-state index is 0.158. The Morgan fingerprint density at radius 3 is 2.57 bits per heavy atom. The minimum Gasteiger partial charge on any atom is -0.493 e. The van der Waals surface area contributed by atoms with E-state index in [1.165, 1.54) is 7.11 Å². The van der Waals surface area contributed by atoms with Crippen LogP contribution in [0, 0.1) is 0 Å². The molecule has 1 aromatic rings. The molecule has 3 atom stereocenters. The Morgan fingerprint density at radius 2 is 2.05 bits per heavy atom. The van der Waals surface area contributed by atoms with Crippen LogP contribution in [-0.2, 0) is 9.84 Å². The maximum Gasteiger partial charge on any atom is 0.161 e. The summed E-state index contributed by atoms with van der Waals surface area (Å²) in [4.78, 5) is 0. The quantitative estimate of drug-likeness (QED) is 0.824. The van der Waals surface area contributed by atoms with Crippen molar-refractivity contribution in [3.63, 3.8) is 0 Å². The smallest absolute Gasteiger partial charge is 0.161 e. The molecule has 0 amide bonds. The lowest BCUT2D eigenvalue weighted by Gasteiger charge is -2.19. The van der Waals surface area contributed by atoms with E-state index in [0.29, 0.717) is 11.5 Å². The van der Waals surface area contributed by atoms with Crippen LogP contribution in [0.1, 0.15) is 18.5 Å². The van der Waals surface area contributed by atoms with Gasteiger partial charge in [0.25, 0.3) is 0 Å². The number of hydrogen-bond acceptors (Lipinski definition) is 6. The predicted octanol–water partition coefficient (Wildman–Crippen LogP) is 0.512. The molecule has 0 saturated carbocycles. The van der Waals surface area contributed by atoms with Crippen LogP contribution in [0.3, 0.4) is 0 Å². The number of aliphatic hydroxyl groups is 1. The number of ether oxygens (including phenoxy) is 2. The summed E-state index contributed by atoms with van der Waals surface area (Å²) in [5, 5.41) is 12.9. The molecule has 0 bridgehead atoms. The molecular formula is C14H21NO5S. The highest BCUT2D eigenvalue weighted by Gasteiger charge is 2.38. The number of rotatable bonds is 5. The second kappa shape index (κ2) is 6.21. The highest BCUT2D eigenvalue weighted by Crippen LogP contribution is 2.32. The first-order chi connectivity index (χ1) is 9.86. The second-order valence-electron chi connectivity index (χ2n) is 5.22. The van der Waals surface area contributed by atoms with E-state index in [2.05, 4.69) is 5.32 Å². The van der Waals surface area contributed by atoms with Gasteiger partial charge in [-0.15, -0.1) is 0 Å². The van der Waals surface area contributed by atoms with Crippen molar-refractivity contribution < 1.29 is 23.0 Å². The van der Waals surface area contributed by atoms with Crippen LogP contribution in [0.15, 0.2) is 18.2 Å². The first-order valence-corrected chi connectivity index (χ1v) is 8.59. The lowest BCUT2D eigenvalue weighted by molar-refractivity contribution is 0.0718. The normalized spacial score (nSPS) is 25.5. The van der Waals surface area contributed by atoms with Gasteiger partial charge < -0.3 is 19.9 Å². The molecule has 1 saturated heterocycles. The molecule has 2 rings (SSSR count). The van der Waals surface area contributed by atoms with Crippen molar-refractivity contribution in [2.24, 2.45) is 0 Å². The molecule has 1 aliphatic heterocycles. The Labute approximate surface area is 125 Å². The van der Waals surface area contributed by atoms with Crippen LogP contribution >= 0.6 is 0 Å². The zero-order chi connectivity index (χ0) is 15.6. The summed E-state index contributed by atoms with van der Waals surface area (Å²) >= 11 is 0. The van der Waals surface area contributed by atoms with Gasteiger partial charge in [-0.3, -0.25) is 0 Å². The third-order valence-electron chi connectivity index (χ3n) is 3.67. The highest BCUT2D eigenvalue weighted by atomic mass is 32.2. The van der Waals surface area contributed by atoms with E-state index >= 15 is 0 Å². The molecular weight excluding hydrogens is 294 g/mol. The molecule has 7 heteroatoms. The Hall–Kier alpha value is -1.31. The Kier molecular flexibility index (Phi) is 4.75. The van der Waals surface area contributed by atoms with Crippen molar-refractivity contribution in [1.29, 1.82) is 0 Å². The van der Waals surface area contributed by atoms with E-state index in [-0.39, 0.29) is 17.5 Å². The van der Waals surface area contributed by atoms with Gasteiger partial charge in [-0.05, 0) is 31.7 Å². The third kappa shape index (κ3) is 3.66. The molecule has 0 aromatic heterocycles. The van der Waals surface area contributed by atoms with Gasteiger partial charge in [0.1, 0.15) is 12.2 Å². The van der Waals surface area contributed by atoms with Crippen LogP contribution in [0.2, 0.25) is 0 Å².